The van der Waals surface area contributed by atoms with E-state index in [4.69, 9.17) is 4.74 Å². The molecule has 1 fully saturated rings. The molecule has 2 aliphatic heterocycles. The number of esters is 1. The van der Waals surface area contributed by atoms with Gasteiger partial charge in [0.1, 0.15) is 6.04 Å². The molecule has 1 aromatic carbocycles. The van der Waals surface area contributed by atoms with E-state index in [9.17, 15) is 9.59 Å². The van der Waals surface area contributed by atoms with Crippen LogP contribution in [-0.4, -0.2) is 66.0 Å². The summed E-state index contributed by atoms with van der Waals surface area (Å²) in [5.41, 5.74) is 4.95. The lowest BCUT2D eigenvalue weighted by molar-refractivity contribution is -0.152. The van der Waals surface area contributed by atoms with Crippen LogP contribution in [0.15, 0.2) is 30.5 Å². The van der Waals surface area contributed by atoms with Gasteiger partial charge in [0.05, 0.1) is 13.0 Å². The Bertz CT molecular complexity index is 992. The number of aromatic amines is 1. The monoisotopic (exact) mass is 379 g/mol. The molecule has 28 heavy (non-hydrogen) atoms. The standard InChI is InChI=1S/C22H25N3O3/c1-24-12-14(21(26)25-8-4-7-18(25)22(27)28-2)9-16-15-5-3-6-17-20(15)13(11-23-17)10-19(16)24/h3,5-6,9,11,14,18-19,23H,4,7-8,10,12H2,1-2H3. The Morgan fingerprint density at radius 1 is 1.29 bits per heavy atom. The number of aromatic nitrogens is 1. The number of nitrogens with zero attached hydrogens (tertiary/aromatic N) is 2. The number of carbonyl (C=O) groups excluding carboxylic acids is 2. The maximum absolute atomic E-state index is 13.3. The number of ether oxygens (including phenoxy) is 1. The van der Waals surface area contributed by atoms with Gasteiger partial charge in [-0.2, -0.15) is 0 Å². The molecular weight excluding hydrogens is 354 g/mol. The van der Waals surface area contributed by atoms with Gasteiger partial charge < -0.3 is 14.6 Å². The fourth-order valence-corrected chi connectivity index (χ4v) is 5.23. The van der Waals surface area contributed by atoms with Gasteiger partial charge in [0.15, 0.2) is 0 Å². The summed E-state index contributed by atoms with van der Waals surface area (Å²) in [6.07, 6.45) is 6.76. The molecule has 1 aliphatic carbocycles. The van der Waals surface area contributed by atoms with E-state index in [2.05, 4.69) is 47.4 Å². The number of likely N-dealkylation sites (tertiary alicyclic amines) is 1. The third kappa shape index (κ3) is 2.51. The van der Waals surface area contributed by atoms with Gasteiger partial charge in [-0.1, -0.05) is 18.2 Å². The molecule has 0 saturated carbocycles. The van der Waals surface area contributed by atoms with Crippen LogP contribution in [0, 0.1) is 5.92 Å². The normalized spacial score (nSPS) is 26.9. The van der Waals surface area contributed by atoms with Gasteiger partial charge in [0.25, 0.3) is 0 Å². The summed E-state index contributed by atoms with van der Waals surface area (Å²) in [6.45, 7) is 1.30. The van der Waals surface area contributed by atoms with Crippen LogP contribution in [0.3, 0.4) is 0 Å². The fraction of sp³-hybridized carbons (Fsp3) is 0.455. The molecule has 3 heterocycles. The zero-order valence-corrected chi connectivity index (χ0v) is 16.3. The van der Waals surface area contributed by atoms with Gasteiger partial charge in [0, 0.05) is 36.2 Å². The molecule has 1 amide bonds. The molecule has 0 bridgehead atoms. The first-order valence-corrected chi connectivity index (χ1v) is 9.98. The van der Waals surface area contributed by atoms with Crippen LogP contribution in [0.25, 0.3) is 16.5 Å². The molecular formula is C22H25N3O3. The first-order valence-electron chi connectivity index (χ1n) is 9.98. The number of benzene rings is 1. The zero-order chi connectivity index (χ0) is 19.4. The maximum atomic E-state index is 13.3. The van der Waals surface area contributed by atoms with E-state index in [1.807, 2.05) is 0 Å². The number of likely N-dealkylation sites (N-methyl/N-ethyl adjacent to an activating group) is 1. The predicted molar refractivity (Wildman–Crippen MR) is 107 cm³/mol. The number of hydrogen-bond donors (Lipinski definition) is 1. The number of H-pyrrole nitrogens is 1. The average Bonchev–Trinajstić information content (AvgIpc) is 3.36. The van der Waals surface area contributed by atoms with Crippen LogP contribution in [0.4, 0.5) is 0 Å². The van der Waals surface area contributed by atoms with Gasteiger partial charge in [-0.3, -0.25) is 9.69 Å². The van der Waals surface area contributed by atoms with Crippen LogP contribution in [0.1, 0.15) is 24.0 Å². The Kier molecular flexibility index (Phi) is 4.05. The Morgan fingerprint density at radius 2 is 2.14 bits per heavy atom. The molecule has 1 saturated heterocycles. The Morgan fingerprint density at radius 3 is 2.96 bits per heavy atom. The smallest absolute Gasteiger partial charge is 0.328 e. The minimum atomic E-state index is -0.440. The van der Waals surface area contributed by atoms with Crippen molar-refractivity contribution in [1.82, 2.24) is 14.8 Å². The van der Waals surface area contributed by atoms with E-state index >= 15 is 0 Å². The fourth-order valence-electron chi connectivity index (χ4n) is 5.23. The number of fused-ring (bicyclic) bond motifs is 2. The highest BCUT2D eigenvalue weighted by Gasteiger charge is 2.41. The van der Waals surface area contributed by atoms with Crippen LogP contribution in [-0.2, 0) is 20.7 Å². The first kappa shape index (κ1) is 17.5. The van der Waals surface area contributed by atoms with Crippen LogP contribution >= 0.6 is 0 Å². The molecule has 0 spiro atoms. The van der Waals surface area contributed by atoms with Crippen molar-refractivity contribution in [3.8, 4) is 0 Å². The summed E-state index contributed by atoms with van der Waals surface area (Å²) in [4.78, 5) is 32.8. The lowest BCUT2D eigenvalue weighted by atomic mass is 9.79. The van der Waals surface area contributed by atoms with E-state index in [1.165, 1.54) is 29.2 Å². The van der Waals surface area contributed by atoms with Crippen molar-refractivity contribution < 1.29 is 14.3 Å². The average molecular weight is 379 g/mol. The third-order valence-corrected chi connectivity index (χ3v) is 6.59. The minimum Gasteiger partial charge on any atom is -0.467 e. The number of rotatable bonds is 2. The second-order valence-corrected chi connectivity index (χ2v) is 8.14. The number of hydrogen-bond acceptors (Lipinski definition) is 4. The van der Waals surface area contributed by atoms with Crippen LogP contribution in [0.2, 0.25) is 0 Å². The molecule has 5 rings (SSSR count). The van der Waals surface area contributed by atoms with Crippen molar-refractivity contribution in [2.75, 3.05) is 27.2 Å². The number of nitrogens with one attached hydrogen (secondary N) is 1. The van der Waals surface area contributed by atoms with Crippen LogP contribution in [0.5, 0.6) is 0 Å². The molecule has 0 radical (unpaired) electrons. The van der Waals surface area contributed by atoms with E-state index in [1.54, 1.807) is 4.90 Å². The Balaban J connectivity index is 1.52. The van der Waals surface area contributed by atoms with E-state index < -0.39 is 6.04 Å². The predicted octanol–water partition coefficient (Wildman–Crippen LogP) is 2.20. The van der Waals surface area contributed by atoms with Gasteiger partial charge in [-0.15, -0.1) is 0 Å². The van der Waals surface area contributed by atoms with Crippen molar-refractivity contribution in [3.05, 3.63) is 41.6 Å². The molecule has 1 N–H and O–H groups in total. The van der Waals surface area contributed by atoms with E-state index in [0.29, 0.717) is 19.5 Å². The summed E-state index contributed by atoms with van der Waals surface area (Å²) in [5.74, 6) is -0.505. The van der Waals surface area contributed by atoms with Crippen molar-refractivity contribution >= 4 is 28.4 Å². The number of carbonyl (C=O) groups is 2. The second kappa shape index (κ2) is 6.48. The van der Waals surface area contributed by atoms with Crippen molar-refractivity contribution in [2.24, 2.45) is 5.92 Å². The quantitative estimate of drug-likeness (QED) is 0.813. The zero-order valence-electron chi connectivity index (χ0n) is 16.3. The summed E-state index contributed by atoms with van der Waals surface area (Å²) in [5, 5.41) is 1.28. The van der Waals surface area contributed by atoms with Gasteiger partial charge >= 0.3 is 5.97 Å². The third-order valence-electron chi connectivity index (χ3n) is 6.59. The molecule has 6 heteroatoms. The van der Waals surface area contributed by atoms with Crippen molar-refractivity contribution in [2.45, 2.75) is 31.3 Å². The largest absolute Gasteiger partial charge is 0.467 e. The van der Waals surface area contributed by atoms with Gasteiger partial charge in [-0.05, 0) is 49.1 Å². The highest BCUT2D eigenvalue weighted by molar-refractivity contribution is 5.99. The van der Waals surface area contributed by atoms with Crippen LogP contribution < -0.4 is 0 Å². The van der Waals surface area contributed by atoms with E-state index in [0.717, 1.165) is 18.4 Å². The Labute approximate surface area is 164 Å². The lowest BCUT2D eigenvalue weighted by Gasteiger charge is -2.40. The number of methoxy groups -OCH3 is 1. The highest BCUT2D eigenvalue weighted by atomic mass is 16.5. The molecule has 3 unspecified atom stereocenters. The molecule has 146 valence electrons. The summed E-state index contributed by atoms with van der Waals surface area (Å²) >= 11 is 0. The minimum absolute atomic E-state index is 0.0396. The summed E-state index contributed by atoms with van der Waals surface area (Å²) in [6, 6.07) is 6.17. The SMILES string of the molecule is COC(=O)C1CCCN1C(=O)C1C=C2c3cccc4[nH]cc(c34)CC2N(C)C1. The topological polar surface area (TPSA) is 65.6 Å². The highest BCUT2D eigenvalue weighted by Crippen LogP contribution is 2.41. The lowest BCUT2D eigenvalue weighted by Crippen LogP contribution is -2.50. The first-order chi connectivity index (χ1) is 13.6. The van der Waals surface area contributed by atoms with E-state index in [-0.39, 0.29) is 23.8 Å². The molecule has 3 atom stereocenters. The molecule has 1 aromatic heterocycles. The summed E-state index contributed by atoms with van der Waals surface area (Å²) in [7, 11) is 3.49. The molecule has 6 nitrogen and oxygen atoms in total. The Hall–Kier alpha value is -2.60. The van der Waals surface area contributed by atoms with Gasteiger partial charge in [0.2, 0.25) is 5.91 Å². The number of amides is 1. The summed E-state index contributed by atoms with van der Waals surface area (Å²) < 4.78 is 4.92. The molecule has 2 aromatic rings. The van der Waals surface area contributed by atoms with Crippen molar-refractivity contribution in [1.29, 1.82) is 0 Å². The molecule has 3 aliphatic rings. The van der Waals surface area contributed by atoms with Crippen molar-refractivity contribution in [3.63, 3.8) is 0 Å². The maximum Gasteiger partial charge on any atom is 0.328 e. The second-order valence-electron chi connectivity index (χ2n) is 8.14. The van der Waals surface area contributed by atoms with Gasteiger partial charge in [-0.25, -0.2) is 4.79 Å².